The van der Waals surface area contributed by atoms with Crippen LogP contribution < -0.4 is 10.4 Å². The van der Waals surface area contributed by atoms with Crippen LogP contribution in [0.5, 0.6) is 0 Å². The van der Waals surface area contributed by atoms with Crippen molar-refractivity contribution in [3.8, 4) is 11.1 Å². The fourth-order valence-corrected chi connectivity index (χ4v) is 3.87. The molecule has 0 spiro atoms. The summed E-state index contributed by atoms with van der Waals surface area (Å²) in [7, 11) is 0. The molecule has 3 aromatic rings. The molecule has 0 aliphatic heterocycles. The maximum atomic E-state index is 4.05. The molecular weight excluding hydrogens is 312 g/mol. The second-order valence-corrected chi connectivity index (χ2v) is 6.52. The summed E-state index contributed by atoms with van der Waals surface area (Å²) in [5, 5.41) is 5.12. The van der Waals surface area contributed by atoms with Gasteiger partial charge in [0.1, 0.15) is 0 Å². The predicted molar refractivity (Wildman–Crippen MR) is 117 cm³/mol. The smallest absolute Gasteiger partial charge is 0.00297 e. The van der Waals surface area contributed by atoms with Crippen molar-refractivity contribution in [2.24, 2.45) is 0 Å². The number of allylic oxidation sites excluding steroid dienone is 3. The molecular formula is C26H26. The van der Waals surface area contributed by atoms with Gasteiger partial charge in [-0.2, -0.15) is 0 Å². The standard InChI is InChI=1S/C26H26/c1-6-19(7-2)25-21(8-3)22(9-4)26(20-14-12-13-18(5)17-20)24-16-11-10-15-23(24)25/h6-17H,1H2,2-5H3/b19-7+,21-8+,22-9+. The summed E-state index contributed by atoms with van der Waals surface area (Å²) in [4.78, 5) is 0. The molecule has 0 nitrogen and oxygen atoms in total. The van der Waals surface area contributed by atoms with Crippen LogP contribution in [0.4, 0.5) is 0 Å². The Bertz CT molecular complexity index is 1120. The van der Waals surface area contributed by atoms with E-state index >= 15 is 0 Å². The lowest BCUT2D eigenvalue weighted by Gasteiger charge is -2.16. The summed E-state index contributed by atoms with van der Waals surface area (Å²) in [6.45, 7) is 12.5. The molecule has 0 saturated carbocycles. The van der Waals surface area contributed by atoms with Gasteiger partial charge in [0.25, 0.3) is 0 Å². The average molecular weight is 338 g/mol. The highest BCUT2D eigenvalue weighted by Gasteiger charge is 2.13. The molecule has 0 aromatic heterocycles. The first-order valence-corrected chi connectivity index (χ1v) is 9.19. The topological polar surface area (TPSA) is 0 Å². The van der Waals surface area contributed by atoms with E-state index in [9.17, 15) is 0 Å². The summed E-state index contributed by atoms with van der Waals surface area (Å²) >= 11 is 0. The van der Waals surface area contributed by atoms with Crippen molar-refractivity contribution < 1.29 is 0 Å². The van der Waals surface area contributed by atoms with Crippen molar-refractivity contribution in [1.82, 2.24) is 0 Å². The highest BCUT2D eigenvalue weighted by Crippen LogP contribution is 2.30. The largest absolute Gasteiger partial charge is 0.0985 e. The van der Waals surface area contributed by atoms with Gasteiger partial charge in [0, 0.05) is 0 Å². The van der Waals surface area contributed by atoms with Gasteiger partial charge in [-0.3, -0.25) is 0 Å². The van der Waals surface area contributed by atoms with E-state index in [1.165, 1.54) is 49.0 Å². The molecule has 3 aromatic carbocycles. The Hall–Kier alpha value is -2.86. The average Bonchev–Trinajstić information content (AvgIpc) is 2.67. The Kier molecular flexibility index (Phi) is 5.23. The lowest BCUT2D eigenvalue weighted by atomic mass is 9.87. The van der Waals surface area contributed by atoms with Crippen LogP contribution in [0, 0.1) is 6.92 Å². The molecule has 0 saturated heterocycles. The van der Waals surface area contributed by atoms with Gasteiger partial charge in [0.15, 0.2) is 0 Å². The van der Waals surface area contributed by atoms with Gasteiger partial charge in [-0.1, -0.05) is 85.0 Å². The van der Waals surface area contributed by atoms with Gasteiger partial charge >= 0.3 is 0 Å². The van der Waals surface area contributed by atoms with Crippen LogP contribution in [-0.2, 0) is 0 Å². The quantitative estimate of drug-likeness (QED) is 0.513. The van der Waals surface area contributed by atoms with Crippen molar-refractivity contribution >= 4 is 28.5 Å². The number of hydrogen-bond acceptors (Lipinski definition) is 0. The van der Waals surface area contributed by atoms with Crippen LogP contribution in [-0.4, -0.2) is 0 Å². The lowest BCUT2D eigenvalue weighted by molar-refractivity contribution is 1.44. The van der Waals surface area contributed by atoms with Gasteiger partial charge in [-0.15, -0.1) is 0 Å². The van der Waals surface area contributed by atoms with Crippen LogP contribution >= 0.6 is 0 Å². The fourth-order valence-electron chi connectivity index (χ4n) is 3.87. The zero-order valence-corrected chi connectivity index (χ0v) is 16.1. The SMILES string of the molecule is C=C/C(=C\C)c1c(=C/C)/c(=C\C)c(-c2cccc(C)c2)c2ccccc12. The van der Waals surface area contributed by atoms with Crippen molar-refractivity contribution in [2.75, 3.05) is 0 Å². The number of hydrogen-bond donors (Lipinski definition) is 0. The van der Waals surface area contributed by atoms with E-state index in [1.807, 2.05) is 6.08 Å². The maximum absolute atomic E-state index is 4.05. The first-order valence-electron chi connectivity index (χ1n) is 9.19. The summed E-state index contributed by atoms with van der Waals surface area (Å²) in [5.41, 5.74) is 6.30. The monoisotopic (exact) mass is 338 g/mol. The molecule has 0 atom stereocenters. The summed E-state index contributed by atoms with van der Waals surface area (Å²) < 4.78 is 0. The molecule has 0 unspecified atom stereocenters. The fraction of sp³-hybridized carbons (Fsp3) is 0.154. The van der Waals surface area contributed by atoms with Crippen molar-refractivity contribution in [3.63, 3.8) is 0 Å². The zero-order chi connectivity index (χ0) is 18.7. The van der Waals surface area contributed by atoms with Crippen LogP contribution in [0.3, 0.4) is 0 Å². The minimum atomic E-state index is 1.17. The van der Waals surface area contributed by atoms with E-state index in [0.717, 1.165) is 0 Å². The number of aryl methyl sites for hydroxylation is 1. The minimum Gasteiger partial charge on any atom is -0.0985 e. The van der Waals surface area contributed by atoms with Gasteiger partial charge in [-0.25, -0.2) is 0 Å². The van der Waals surface area contributed by atoms with Crippen molar-refractivity contribution in [2.45, 2.75) is 27.7 Å². The number of fused-ring (bicyclic) bond motifs is 1. The van der Waals surface area contributed by atoms with Gasteiger partial charge in [0.05, 0.1) is 0 Å². The zero-order valence-electron chi connectivity index (χ0n) is 16.1. The van der Waals surface area contributed by atoms with Crippen LogP contribution in [0.1, 0.15) is 31.9 Å². The molecule has 0 amide bonds. The summed E-state index contributed by atoms with van der Waals surface area (Å²) in [5.74, 6) is 0. The highest BCUT2D eigenvalue weighted by molar-refractivity contribution is 6.04. The Labute approximate surface area is 156 Å². The van der Waals surface area contributed by atoms with Crippen LogP contribution in [0.2, 0.25) is 0 Å². The lowest BCUT2D eigenvalue weighted by Crippen LogP contribution is -2.30. The van der Waals surface area contributed by atoms with Gasteiger partial charge in [0.2, 0.25) is 0 Å². The summed E-state index contributed by atoms with van der Waals surface area (Å²) in [6.07, 6.45) is 8.57. The van der Waals surface area contributed by atoms with Crippen LogP contribution in [0.15, 0.2) is 67.3 Å². The molecule has 0 aliphatic carbocycles. The van der Waals surface area contributed by atoms with E-state index in [2.05, 4.69) is 101 Å². The number of rotatable bonds is 3. The molecule has 0 fully saturated rings. The molecule has 130 valence electrons. The van der Waals surface area contributed by atoms with Crippen molar-refractivity contribution in [3.05, 3.63) is 88.8 Å². The molecule has 3 rings (SSSR count). The molecule has 0 N–H and O–H groups in total. The molecule has 0 bridgehead atoms. The highest BCUT2D eigenvalue weighted by atomic mass is 14.2. The Morgan fingerprint density at radius 2 is 1.54 bits per heavy atom. The normalized spacial score (nSPS) is 13.5. The first-order chi connectivity index (χ1) is 12.7. The third kappa shape index (κ3) is 2.93. The van der Waals surface area contributed by atoms with E-state index in [0.29, 0.717) is 0 Å². The second kappa shape index (κ2) is 7.58. The summed E-state index contributed by atoms with van der Waals surface area (Å²) in [6, 6.07) is 17.5. The Morgan fingerprint density at radius 1 is 0.846 bits per heavy atom. The Morgan fingerprint density at radius 3 is 2.12 bits per heavy atom. The van der Waals surface area contributed by atoms with E-state index < -0.39 is 0 Å². The molecule has 0 heteroatoms. The number of benzene rings is 3. The molecule has 0 aliphatic rings. The third-order valence-electron chi connectivity index (χ3n) is 5.00. The van der Waals surface area contributed by atoms with E-state index in [4.69, 9.17) is 0 Å². The molecule has 0 radical (unpaired) electrons. The maximum Gasteiger partial charge on any atom is -0.00297 e. The first kappa shape index (κ1) is 17.9. The van der Waals surface area contributed by atoms with Gasteiger partial charge in [-0.05, 0) is 71.2 Å². The third-order valence-corrected chi connectivity index (χ3v) is 5.00. The van der Waals surface area contributed by atoms with E-state index in [1.54, 1.807) is 0 Å². The predicted octanol–water partition coefficient (Wildman–Crippen LogP) is 6.01. The second-order valence-electron chi connectivity index (χ2n) is 6.52. The molecule has 26 heavy (non-hydrogen) atoms. The van der Waals surface area contributed by atoms with E-state index in [-0.39, 0.29) is 0 Å². The Balaban J connectivity index is 2.65. The minimum absolute atomic E-state index is 1.17. The van der Waals surface area contributed by atoms with Gasteiger partial charge < -0.3 is 0 Å². The van der Waals surface area contributed by atoms with Crippen LogP contribution in [0.25, 0.3) is 39.6 Å². The van der Waals surface area contributed by atoms with Crippen molar-refractivity contribution in [1.29, 1.82) is 0 Å². The molecule has 0 heterocycles.